The first-order chi connectivity index (χ1) is 14.9. The molecule has 31 heavy (non-hydrogen) atoms. The molecule has 1 unspecified atom stereocenters. The molecule has 1 N–H and O–H groups in total. The van der Waals surface area contributed by atoms with Crippen LogP contribution in [0.4, 0.5) is 8.78 Å². The number of alkyl halides is 2. The number of methoxy groups -OCH3 is 1. The van der Waals surface area contributed by atoms with Gasteiger partial charge in [-0.3, -0.25) is 4.79 Å². The van der Waals surface area contributed by atoms with Crippen molar-refractivity contribution in [3.8, 4) is 11.5 Å². The SMILES string of the molecule is COc1cc(/C=C/C(=O)NC(c2ccc(Cl)cc2)c2nccn2C)ccc1OC(F)F. The Hall–Kier alpha value is -3.39. The molecule has 1 atom stereocenters. The van der Waals surface area contributed by atoms with Crippen LogP contribution >= 0.6 is 11.6 Å². The highest BCUT2D eigenvalue weighted by molar-refractivity contribution is 6.30. The standard InChI is InChI=1S/C22H20ClF2N3O3/c1-28-12-11-26-21(28)20(15-5-7-16(23)8-6-15)27-19(29)10-4-14-3-9-17(31-22(24)25)18(13-14)30-2/h3-13,20,22H,1-2H3,(H,27,29)/b10-4+. The molecule has 1 aromatic heterocycles. The Morgan fingerprint density at radius 1 is 1.19 bits per heavy atom. The number of benzene rings is 2. The van der Waals surface area contributed by atoms with Gasteiger partial charge in [-0.15, -0.1) is 0 Å². The summed E-state index contributed by atoms with van der Waals surface area (Å²) < 4.78 is 36.2. The summed E-state index contributed by atoms with van der Waals surface area (Å²) in [7, 11) is 3.18. The van der Waals surface area contributed by atoms with Crippen molar-refractivity contribution < 1.29 is 23.0 Å². The smallest absolute Gasteiger partial charge is 0.387 e. The van der Waals surface area contributed by atoms with Gasteiger partial charge in [0.05, 0.1) is 7.11 Å². The van der Waals surface area contributed by atoms with E-state index in [1.807, 2.05) is 23.7 Å². The average molecular weight is 448 g/mol. The zero-order valence-electron chi connectivity index (χ0n) is 16.8. The lowest BCUT2D eigenvalue weighted by atomic mass is 10.1. The van der Waals surface area contributed by atoms with Crippen molar-refractivity contribution in [3.05, 3.63) is 82.9 Å². The molecule has 0 saturated heterocycles. The van der Waals surface area contributed by atoms with Crippen molar-refractivity contribution in [2.45, 2.75) is 12.7 Å². The number of rotatable bonds is 8. The Morgan fingerprint density at radius 3 is 2.55 bits per heavy atom. The van der Waals surface area contributed by atoms with Gasteiger partial charge in [-0.2, -0.15) is 8.78 Å². The predicted molar refractivity (Wildman–Crippen MR) is 113 cm³/mol. The molecule has 0 aliphatic heterocycles. The van der Waals surface area contributed by atoms with Crippen LogP contribution in [0.5, 0.6) is 11.5 Å². The Morgan fingerprint density at radius 2 is 1.94 bits per heavy atom. The van der Waals surface area contributed by atoms with Crippen LogP contribution in [0.3, 0.4) is 0 Å². The molecule has 0 radical (unpaired) electrons. The van der Waals surface area contributed by atoms with Crippen LogP contribution < -0.4 is 14.8 Å². The highest BCUT2D eigenvalue weighted by Crippen LogP contribution is 2.30. The van der Waals surface area contributed by atoms with Crippen molar-refractivity contribution >= 4 is 23.6 Å². The van der Waals surface area contributed by atoms with Crippen LogP contribution in [0.25, 0.3) is 6.08 Å². The topological polar surface area (TPSA) is 65.4 Å². The first kappa shape index (κ1) is 22.3. The van der Waals surface area contributed by atoms with Gasteiger partial charge < -0.3 is 19.4 Å². The minimum atomic E-state index is -2.96. The van der Waals surface area contributed by atoms with Crippen molar-refractivity contribution in [1.82, 2.24) is 14.9 Å². The third-order valence-corrected chi connectivity index (χ3v) is 4.69. The largest absolute Gasteiger partial charge is 0.493 e. The van der Waals surface area contributed by atoms with E-state index in [9.17, 15) is 13.6 Å². The van der Waals surface area contributed by atoms with Crippen molar-refractivity contribution in [3.63, 3.8) is 0 Å². The molecular formula is C22H20ClF2N3O3. The van der Waals surface area contributed by atoms with E-state index in [2.05, 4.69) is 15.0 Å². The molecule has 0 aliphatic rings. The first-order valence-corrected chi connectivity index (χ1v) is 9.59. The summed E-state index contributed by atoms with van der Waals surface area (Å²) in [6, 6.07) is 11.0. The van der Waals surface area contributed by atoms with E-state index in [1.54, 1.807) is 36.7 Å². The molecule has 3 rings (SSSR count). The third kappa shape index (κ3) is 5.82. The summed E-state index contributed by atoms with van der Waals surface area (Å²) in [5, 5.41) is 3.51. The monoisotopic (exact) mass is 447 g/mol. The fraction of sp³-hybridized carbons (Fsp3) is 0.182. The third-order valence-electron chi connectivity index (χ3n) is 4.44. The van der Waals surface area contributed by atoms with Crippen LogP contribution in [0, 0.1) is 0 Å². The van der Waals surface area contributed by atoms with Crippen LogP contribution in [-0.4, -0.2) is 29.2 Å². The summed E-state index contributed by atoms with van der Waals surface area (Å²) in [6.07, 6.45) is 6.32. The number of hydrogen-bond acceptors (Lipinski definition) is 4. The van der Waals surface area contributed by atoms with Gasteiger partial charge in [0.2, 0.25) is 5.91 Å². The van der Waals surface area contributed by atoms with Gasteiger partial charge in [-0.1, -0.05) is 29.8 Å². The molecule has 1 heterocycles. The summed E-state index contributed by atoms with van der Waals surface area (Å²) in [5.74, 6) is 0.334. The Bertz CT molecular complexity index is 1070. The number of halogens is 3. The number of amides is 1. The maximum Gasteiger partial charge on any atom is 0.387 e. The number of aromatic nitrogens is 2. The zero-order chi connectivity index (χ0) is 22.4. The average Bonchev–Trinajstić information content (AvgIpc) is 3.17. The van der Waals surface area contributed by atoms with Crippen molar-refractivity contribution in [2.75, 3.05) is 7.11 Å². The van der Waals surface area contributed by atoms with E-state index in [0.717, 1.165) is 5.56 Å². The van der Waals surface area contributed by atoms with Crippen LogP contribution in [0.2, 0.25) is 5.02 Å². The molecule has 0 fully saturated rings. The first-order valence-electron chi connectivity index (χ1n) is 9.21. The molecule has 0 aliphatic carbocycles. The molecule has 2 aromatic carbocycles. The van der Waals surface area contributed by atoms with Crippen LogP contribution in [0.1, 0.15) is 23.0 Å². The summed E-state index contributed by atoms with van der Waals surface area (Å²) in [5.41, 5.74) is 1.39. The molecule has 9 heteroatoms. The highest BCUT2D eigenvalue weighted by atomic mass is 35.5. The van der Waals surface area contributed by atoms with E-state index in [0.29, 0.717) is 16.4 Å². The van der Waals surface area contributed by atoms with Crippen LogP contribution in [0.15, 0.2) is 60.9 Å². The van der Waals surface area contributed by atoms with Gasteiger partial charge in [-0.25, -0.2) is 4.98 Å². The number of carbonyl (C=O) groups excluding carboxylic acids is 1. The second-order valence-electron chi connectivity index (χ2n) is 6.51. The normalized spacial score (nSPS) is 12.2. The number of ether oxygens (including phenoxy) is 2. The molecule has 0 spiro atoms. The Kier molecular flexibility index (Phi) is 7.25. The van der Waals surface area contributed by atoms with E-state index < -0.39 is 12.7 Å². The lowest BCUT2D eigenvalue weighted by Gasteiger charge is -2.18. The number of nitrogens with zero attached hydrogens (tertiary/aromatic N) is 2. The van der Waals surface area contributed by atoms with Crippen molar-refractivity contribution in [1.29, 1.82) is 0 Å². The van der Waals surface area contributed by atoms with Gasteiger partial charge >= 0.3 is 6.61 Å². The van der Waals surface area contributed by atoms with E-state index in [-0.39, 0.29) is 17.4 Å². The second kappa shape index (κ2) is 10.1. The minimum absolute atomic E-state index is 0.0864. The summed E-state index contributed by atoms with van der Waals surface area (Å²) in [4.78, 5) is 17.0. The molecule has 0 bridgehead atoms. The van der Waals surface area contributed by atoms with Gasteiger partial charge in [0.1, 0.15) is 11.9 Å². The molecule has 6 nitrogen and oxygen atoms in total. The van der Waals surface area contributed by atoms with Gasteiger partial charge in [0, 0.05) is 30.5 Å². The minimum Gasteiger partial charge on any atom is -0.493 e. The van der Waals surface area contributed by atoms with E-state index >= 15 is 0 Å². The fourth-order valence-corrected chi connectivity index (χ4v) is 3.08. The number of aryl methyl sites for hydroxylation is 1. The Labute approximate surface area is 183 Å². The zero-order valence-corrected chi connectivity index (χ0v) is 17.5. The lowest BCUT2D eigenvalue weighted by molar-refractivity contribution is -0.117. The van der Waals surface area contributed by atoms with E-state index in [4.69, 9.17) is 16.3 Å². The van der Waals surface area contributed by atoms with Gasteiger partial charge in [0.25, 0.3) is 0 Å². The summed E-state index contributed by atoms with van der Waals surface area (Å²) in [6.45, 7) is -2.96. The molecular weight excluding hydrogens is 428 g/mol. The molecule has 162 valence electrons. The van der Waals surface area contributed by atoms with Gasteiger partial charge in [0.15, 0.2) is 11.5 Å². The van der Waals surface area contributed by atoms with Crippen LogP contribution in [-0.2, 0) is 11.8 Å². The highest BCUT2D eigenvalue weighted by Gasteiger charge is 2.20. The summed E-state index contributed by atoms with van der Waals surface area (Å²) >= 11 is 5.98. The predicted octanol–water partition coefficient (Wildman–Crippen LogP) is 4.60. The maximum absolute atomic E-state index is 12.6. The molecule has 0 saturated carbocycles. The maximum atomic E-state index is 12.6. The van der Waals surface area contributed by atoms with Crippen molar-refractivity contribution in [2.24, 2.45) is 7.05 Å². The number of carbonyl (C=O) groups is 1. The molecule has 3 aromatic rings. The Balaban J connectivity index is 1.79. The number of hydrogen-bond donors (Lipinski definition) is 1. The lowest BCUT2D eigenvalue weighted by Crippen LogP contribution is -2.29. The fourth-order valence-electron chi connectivity index (χ4n) is 2.95. The molecule has 1 amide bonds. The number of nitrogens with one attached hydrogen (secondary N) is 1. The van der Waals surface area contributed by atoms with Gasteiger partial charge in [-0.05, 0) is 41.5 Å². The van der Waals surface area contributed by atoms with E-state index in [1.165, 1.54) is 25.3 Å². The second-order valence-corrected chi connectivity index (χ2v) is 6.95. The quantitative estimate of drug-likeness (QED) is 0.512. The number of imidazole rings is 1.